The van der Waals surface area contributed by atoms with Gasteiger partial charge in [-0.3, -0.25) is 9.59 Å². The van der Waals surface area contributed by atoms with E-state index in [4.69, 9.17) is 4.74 Å². The van der Waals surface area contributed by atoms with Crippen LogP contribution in [0.2, 0.25) is 0 Å². The van der Waals surface area contributed by atoms with Gasteiger partial charge in [-0.1, -0.05) is 25.7 Å². The van der Waals surface area contributed by atoms with Crippen LogP contribution in [0.3, 0.4) is 0 Å². The molecule has 0 aliphatic heterocycles. The molecule has 1 fully saturated rings. The van der Waals surface area contributed by atoms with Crippen LogP contribution in [0.25, 0.3) is 0 Å². The average molecular weight is 371 g/mol. The second kappa shape index (κ2) is 9.59. The molecule has 0 saturated heterocycles. The fourth-order valence-electron chi connectivity index (χ4n) is 3.31. The normalized spacial score (nSPS) is 15.4. The number of rotatable bonds is 6. The number of halogens is 3. The van der Waals surface area contributed by atoms with Gasteiger partial charge in [-0.05, 0) is 31.9 Å². The molecule has 144 valence electrons. The summed E-state index contributed by atoms with van der Waals surface area (Å²) >= 11 is 0. The molecular weight excluding hydrogens is 347 g/mol. The fraction of sp³-hybridized carbons (Fsp3) is 0.579. The Morgan fingerprint density at radius 1 is 1.08 bits per heavy atom. The van der Waals surface area contributed by atoms with Crippen molar-refractivity contribution in [3.63, 3.8) is 0 Å². The van der Waals surface area contributed by atoms with Crippen molar-refractivity contribution in [2.75, 3.05) is 13.2 Å². The fourth-order valence-corrected chi connectivity index (χ4v) is 3.31. The van der Waals surface area contributed by atoms with Gasteiger partial charge in [-0.15, -0.1) is 0 Å². The molecule has 1 aliphatic rings. The summed E-state index contributed by atoms with van der Waals surface area (Å²) in [6.07, 6.45) is 5.40. The predicted octanol–water partition coefficient (Wildman–Crippen LogP) is 4.22. The van der Waals surface area contributed by atoms with Crippen LogP contribution < -0.4 is 0 Å². The number of amides is 1. The highest BCUT2D eigenvalue weighted by atomic mass is 19.2. The van der Waals surface area contributed by atoms with Gasteiger partial charge in [0.2, 0.25) is 0 Å². The Kier molecular flexibility index (Phi) is 7.48. The van der Waals surface area contributed by atoms with E-state index in [0.29, 0.717) is 0 Å². The Bertz CT molecular complexity index is 643. The van der Waals surface area contributed by atoms with Crippen LogP contribution in [0, 0.1) is 17.5 Å². The van der Waals surface area contributed by atoms with Crippen molar-refractivity contribution in [3.8, 4) is 0 Å². The molecule has 1 aromatic carbocycles. The lowest BCUT2D eigenvalue weighted by molar-refractivity contribution is -0.143. The van der Waals surface area contributed by atoms with Crippen LogP contribution in [0.5, 0.6) is 0 Å². The summed E-state index contributed by atoms with van der Waals surface area (Å²) < 4.78 is 45.7. The Hall–Kier alpha value is -2.05. The predicted molar refractivity (Wildman–Crippen MR) is 90.1 cm³/mol. The lowest BCUT2D eigenvalue weighted by atomic mass is 10.0. The zero-order valence-corrected chi connectivity index (χ0v) is 14.9. The molecule has 0 aromatic heterocycles. The monoisotopic (exact) mass is 371 g/mol. The zero-order valence-electron chi connectivity index (χ0n) is 14.9. The average Bonchev–Trinajstić information content (AvgIpc) is 2.89. The molecule has 7 heteroatoms. The minimum Gasteiger partial charge on any atom is -0.466 e. The first-order valence-electron chi connectivity index (χ1n) is 9.05. The molecule has 0 unspecified atom stereocenters. The maximum absolute atomic E-state index is 14.1. The minimum atomic E-state index is -1.66. The zero-order chi connectivity index (χ0) is 19.1. The number of esters is 1. The third-order valence-electron chi connectivity index (χ3n) is 4.65. The van der Waals surface area contributed by atoms with Crippen molar-refractivity contribution >= 4 is 11.9 Å². The molecule has 0 heterocycles. The molecule has 1 aromatic rings. The maximum atomic E-state index is 14.1. The standard InChI is InChI=1S/C19H24F3NO3/c1-2-26-16(24)11-12-23(13-7-5-3-4-6-8-13)19(25)14-9-10-15(20)18(22)17(14)21/h9-10,13H,2-8,11-12H2,1H3. The number of benzene rings is 1. The number of hydrogen-bond donors (Lipinski definition) is 0. The van der Waals surface area contributed by atoms with Gasteiger partial charge < -0.3 is 9.64 Å². The highest BCUT2D eigenvalue weighted by Crippen LogP contribution is 2.25. The summed E-state index contributed by atoms with van der Waals surface area (Å²) in [5, 5.41) is 0. The molecule has 0 bridgehead atoms. The van der Waals surface area contributed by atoms with E-state index < -0.39 is 34.9 Å². The van der Waals surface area contributed by atoms with Gasteiger partial charge in [0.25, 0.3) is 5.91 Å². The summed E-state index contributed by atoms with van der Waals surface area (Å²) in [5.41, 5.74) is -0.517. The third-order valence-corrected chi connectivity index (χ3v) is 4.65. The molecule has 0 N–H and O–H groups in total. The van der Waals surface area contributed by atoms with E-state index in [9.17, 15) is 22.8 Å². The van der Waals surface area contributed by atoms with Gasteiger partial charge in [0.05, 0.1) is 18.6 Å². The van der Waals surface area contributed by atoms with Crippen LogP contribution in [-0.2, 0) is 9.53 Å². The first-order chi connectivity index (χ1) is 12.5. The van der Waals surface area contributed by atoms with Crippen molar-refractivity contribution in [1.82, 2.24) is 4.90 Å². The lowest BCUT2D eigenvalue weighted by Gasteiger charge is -2.31. The summed E-state index contributed by atoms with van der Waals surface area (Å²) in [4.78, 5) is 25.9. The van der Waals surface area contributed by atoms with Crippen LogP contribution in [0.4, 0.5) is 13.2 Å². The summed E-state index contributed by atoms with van der Waals surface area (Å²) in [5.74, 6) is -5.68. The molecule has 1 saturated carbocycles. The third kappa shape index (κ3) is 4.99. The van der Waals surface area contributed by atoms with Gasteiger partial charge in [-0.2, -0.15) is 0 Å². The Morgan fingerprint density at radius 3 is 2.35 bits per heavy atom. The van der Waals surface area contributed by atoms with E-state index in [1.165, 1.54) is 4.90 Å². The highest BCUT2D eigenvalue weighted by molar-refractivity contribution is 5.95. The molecular formula is C19H24F3NO3. The van der Waals surface area contributed by atoms with Crippen molar-refractivity contribution < 1.29 is 27.5 Å². The smallest absolute Gasteiger partial charge is 0.307 e. The van der Waals surface area contributed by atoms with Crippen LogP contribution in [-0.4, -0.2) is 36.0 Å². The van der Waals surface area contributed by atoms with E-state index >= 15 is 0 Å². The summed E-state index contributed by atoms with van der Waals surface area (Å²) in [6, 6.07) is 1.53. The van der Waals surface area contributed by atoms with Gasteiger partial charge in [0.15, 0.2) is 17.5 Å². The second-order valence-corrected chi connectivity index (χ2v) is 6.42. The van der Waals surface area contributed by atoms with E-state index in [1.54, 1.807) is 6.92 Å². The Morgan fingerprint density at radius 2 is 1.73 bits per heavy atom. The second-order valence-electron chi connectivity index (χ2n) is 6.42. The summed E-state index contributed by atoms with van der Waals surface area (Å²) in [7, 11) is 0. The number of carbonyl (C=O) groups excluding carboxylic acids is 2. The van der Waals surface area contributed by atoms with Gasteiger partial charge >= 0.3 is 5.97 Å². The number of hydrogen-bond acceptors (Lipinski definition) is 3. The van der Waals surface area contributed by atoms with Crippen molar-refractivity contribution in [2.24, 2.45) is 0 Å². The van der Waals surface area contributed by atoms with Crippen LogP contribution >= 0.6 is 0 Å². The lowest BCUT2D eigenvalue weighted by Crippen LogP contribution is -2.42. The van der Waals surface area contributed by atoms with Crippen LogP contribution in [0.15, 0.2) is 12.1 Å². The molecule has 2 rings (SSSR count). The van der Waals surface area contributed by atoms with Crippen molar-refractivity contribution in [1.29, 1.82) is 0 Å². The molecule has 0 spiro atoms. The van der Waals surface area contributed by atoms with Crippen molar-refractivity contribution in [3.05, 3.63) is 35.1 Å². The summed E-state index contributed by atoms with van der Waals surface area (Å²) in [6.45, 7) is 1.97. The topological polar surface area (TPSA) is 46.6 Å². The number of nitrogens with zero attached hydrogens (tertiary/aromatic N) is 1. The molecule has 0 radical (unpaired) electrons. The van der Waals surface area contributed by atoms with E-state index in [1.807, 2.05) is 0 Å². The van der Waals surface area contributed by atoms with Crippen molar-refractivity contribution in [2.45, 2.75) is 57.9 Å². The molecule has 0 atom stereocenters. The molecule has 4 nitrogen and oxygen atoms in total. The first-order valence-corrected chi connectivity index (χ1v) is 9.05. The number of ether oxygens (including phenoxy) is 1. The Labute approximate surface area is 151 Å². The molecule has 1 aliphatic carbocycles. The maximum Gasteiger partial charge on any atom is 0.307 e. The molecule has 26 heavy (non-hydrogen) atoms. The highest BCUT2D eigenvalue weighted by Gasteiger charge is 2.29. The Balaban J connectivity index is 2.25. The van der Waals surface area contributed by atoms with E-state index in [-0.39, 0.29) is 25.6 Å². The minimum absolute atomic E-state index is 0.0264. The van der Waals surface area contributed by atoms with Gasteiger partial charge in [0, 0.05) is 12.6 Å². The van der Waals surface area contributed by atoms with E-state index in [2.05, 4.69) is 0 Å². The van der Waals surface area contributed by atoms with E-state index in [0.717, 1.165) is 50.7 Å². The quantitative estimate of drug-likeness (QED) is 0.427. The SMILES string of the molecule is CCOC(=O)CCN(C(=O)c1ccc(F)c(F)c1F)C1CCCCCC1. The first kappa shape index (κ1) is 20.3. The van der Waals surface area contributed by atoms with Gasteiger partial charge in [-0.25, -0.2) is 13.2 Å². The number of carbonyl (C=O) groups is 2. The van der Waals surface area contributed by atoms with Gasteiger partial charge in [0.1, 0.15) is 0 Å². The molecule has 1 amide bonds. The van der Waals surface area contributed by atoms with Crippen LogP contribution in [0.1, 0.15) is 62.2 Å². The largest absolute Gasteiger partial charge is 0.466 e.